The van der Waals surface area contributed by atoms with Gasteiger partial charge in [-0.25, -0.2) is 14.6 Å². The van der Waals surface area contributed by atoms with Crippen LogP contribution in [0.2, 0.25) is 0 Å². The van der Waals surface area contributed by atoms with Gasteiger partial charge in [-0.2, -0.15) is 0 Å². The van der Waals surface area contributed by atoms with Crippen molar-refractivity contribution in [1.29, 1.82) is 0 Å². The van der Waals surface area contributed by atoms with Crippen LogP contribution in [-0.2, 0) is 13.1 Å². The van der Waals surface area contributed by atoms with E-state index in [4.69, 9.17) is 19.2 Å². The quantitative estimate of drug-likeness (QED) is 0.316. The molecule has 1 fully saturated rings. The first-order valence-electron chi connectivity index (χ1n) is 13.3. The highest BCUT2D eigenvalue weighted by Gasteiger charge is 2.27. The fourth-order valence-corrected chi connectivity index (χ4v) is 5.46. The Hall–Kier alpha value is -3.92. The summed E-state index contributed by atoms with van der Waals surface area (Å²) in [5, 5.41) is 18.9. The zero-order chi connectivity index (χ0) is 27.4. The van der Waals surface area contributed by atoms with Gasteiger partial charge in [0.1, 0.15) is 23.6 Å². The van der Waals surface area contributed by atoms with Crippen molar-refractivity contribution in [2.45, 2.75) is 51.7 Å². The lowest BCUT2D eigenvalue weighted by molar-refractivity contribution is 0.158. The maximum absolute atomic E-state index is 9.75. The van der Waals surface area contributed by atoms with E-state index in [1.807, 2.05) is 35.9 Å². The van der Waals surface area contributed by atoms with Gasteiger partial charge in [-0.15, -0.1) is 5.10 Å². The standard InChI is InChI=1S/C29H36N6O4/c1-19-8-9-21(25(12-19)38-3)15-34(16-22-10-11-24(37-2)14-26(22)39-4)28-27-29(31-18-30-28)35(33-32-27)23-7-5-6-20(13-23)17-36/h8-12,14,18,20,23,36H,5-7,13,15-17H2,1-4H3. The van der Waals surface area contributed by atoms with Crippen LogP contribution in [0.15, 0.2) is 42.7 Å². The highest BCUT2D eigenvalue weighted by atomic mass is 16.5. The molecule has 1 saturated carbocycles. The molecule has 1 aliphatic carbocycles. The molecule has 2 atom stereocenters. The van der Waals surface area contributed by atoms with Crippen LogP contribution >= 0.6 is 0 Å². The predicted octanol–water partition coefficient (Wildman–Crippen LogP) is 4.49. The molecule has 1 aliphatic rings. The normalized spacial score (nSPS) is 17.3. The lowest BCUT2D eigenvalue weighted by Gasteiger charge is -2.28. The third-order valence-corrected chi connectivity index (χ3v) is 7.56. The van der Waals surface area contributed by atoms with Crippen molar-refractivity contribution in [3.05, 3.63) is 59.4 Å². The number of aliphatic hydroxyl groups is 1. The van der Waals surface area contributed by atoms with Crippen molar-refractivity contribution in [2.75, 3.05) is 32.8 Å². The van der Waals surface area contributed by atoms with E-state index in [2.05, 4.69) is 32.3 Å². The molecule has 0 bridgehead atoms. The zero-order valence-corrected chi connectivity index (χ0v) is 23.0. The maximum atomic E-state index is 9.75. The third-order valence-electron chi connectivity index (χ3n) is 7.56. The van der Waals surface area contributed by atoms with Crippen LogP contribution in [0.1, 0.15) is 48.4 Å². The Morgan fingerprint density at radius 1 is 0.949 bits per heavy atom. The van der Waals surface area contributed by atoms with Crippen molar-refractivity contribution in [3.63, 3.8) is 0 Å². The van der Waals surface area contributed by atoms with Crippen molar-refractivity contribution in [1.82, 2.24) is 25.0 Å². The van der Waals surface area contributed by atoms with E-state index in [1.165, 1.54) is 0 Å². The number of rotatable bonds is 10. The van der Waals surface area contributed by atoms with E-state index in [0.29, 0.717) is 30.1 Å². The molecule has 2 aromatic carbocycles. The average molecular weight is 533 g/mol. The van der Waals surface area contributed by atoms with E-state index in [-0.39, 0.29) is 18.6 Å². The Balaban J connectivity index is 1.57. The van der Waals surface area contributed by atoms with Crippen LogP contribution in [0.4, 0.5) is 5.82 Å². The SMILES string of the molecule is COc1ccc(CN(Cc2ccc(C)cc2OC)c2ncnc3c2nnn3C2CCCC(CO)C2)c(OC)c1. The van der Waals surface area contributed by atoms with Crippen LogP contribution in [-0.4, -0.2) is 58.0 Å². The number of aryl methyl sites for hydroxylation is 1. The molecule has 206 valence electrons. The monoisotopic (exact) mass is 532 g/mol. The van der Waals surface area contributed by atoms with Gasteiger partial charge >= 0.3 is 0 Å². The number of aliphatic hydroxyl groups excluding tert-OH is 1. The summed E-state index contributed by atoms with van der Waals surface area (Å²) in [4.78, 5) is 11.5. The number of aromatic nitrogens is 5. The Bertz CT molecular complexity index is 1420. The molecule has 0 radical (unpaired) electrons. The summed E-state index contributed by atoms with van der Waals surface area (Å²) in [5.41, 5.74) is 4.46. The average Bonchev–Trinajstić information content (AvgIpc) is 3.42. The molecule has 5 rings (SSSR count). The first kappa shape index (κ1) is 26.7. The third kappa shape index (κ3) is 5.61. The molecule has 2 aromatic heterocycles. The number of hydrogen-bond donors (Lipinski definition) is 1. The van der Waals surface area contributed by atoms with Crippen molar-refractivity contribution in [2.24, 2.45) is 5.92 Å². The lowest BCUT2D eigenvalue weighted by Crippen LogP contribution is -2.25. The summed E-state index contributed by atoms with van der Waals surface area (Å²) < 4.78 is 18.8. The molecule has 2 heterocycles. The van der Waals surface area contributed by atoms with Gasteiger partial charge in [0, 0.05) is 36.9 Å². The summed E-state index contributed by atoms with van der Waals surface area (Å²) in [6, 6.07) is 12.2. The van der Waals surface area contributed by atoms with Crippen molar-refractivity contribution in [3.8, 4) is 17.2 Å². The van der Waals surface area contributed by atoms with E-state index in [9.17, 15) is 5.11 Å². The summed E-state index contributed by atoms with van der Waals surface area (Å²) in [5.74, 6) is 3.22. The Kier molecular flexibility index (Phi) is 8.11. The first-order valence-corrected chi connectivity index (χ1v) is 13.3. The Labute approximate surface area is 228 Å². The molecule has 10 nitrogen and oxygen atoms in total. The maximum Gasteiger partial charge on any atom is 0.184 e. The summed E-state index contributed by atoms with van der Waals surface area (Å²) >= 11 is 0. The van der Waals surface area contributed by atoms with Crippen LogP contribution in [0, 0.1) is 12.8 Å². The molecular weight excluding hydrogens is 496 g/mol. The minimum Gasteiger partial charge on any atom is -0.497 e. The molecule has 39 heavy (non-hydrogen) atoms. The molecule has 0 amide bonds. The van der Waals surface area contributed by atoms with E-state index in [1.54, 1.807) is 27.7 Å². The van der Waals surface area contributed by atoms with E-state index < -0.39 is 0 Å². The largest absolute Gasteiger partial charge is 0.497 e. The summed E-state index contributed by atoms with van der Waals surface area (Å²) in [7, 11) is 4.98. The fourth-order valence-electron chi connectivity index (χ4n) is 5.46. The van der Waals surface area contributed by atoms with E-state index in [0.717, 1.165) is 59.6 Å². The molecular formula is C29H36N6O4. The van der Waals surface area contributed by atoms with Gasteiger partial charge in [0.25, 0.3) is 0 Å². The highest BCUT2D eigenvalue weighted by Crippen LogP contribution is 2.35. The van der Waals surface area contributed by atoms with Crippen LogP contribution in [0.25, 0.3) is 11.2 Å². The van der Waals surface area contributed by atoms with Crippen molar-refractivity contribution >= 4 is 17.0 Å². The second-order valence-corrected chi connectivity index (χ2v) is 10.1. The number of hydrogen-bond acceptors (Lipinski definition) is 9. The van der Waals surface area contributed by atoms with Gasteiger partial charge < -0.3 is 24.2 Å². The summed E-state index contributed by atoms with van der Waals surface area (Å²) in [6.07, 6.45) is 5.51. The van der Waals surface area contributed by atoms with Crippen LogP contribution in [0.3, 0.4) is 0 Å². The number of methoxy groups -OCH3 is 3. The van der Waals surface area contributed by atoms with Gasteiger partial charge in [0.2, 0.25) is 0 Å². The van der Waals surface area contributed by atoms with E-state index >= 15 is 0 Å². The van der Waals surface area contributed by atoms with Crippen LogP contribution in [0.5, 0.6) is 17.2 Å². The zero-order valence-electron chi connectivity index (χ0n) is 23.0. The molecule has 10 heteroatoms. The number of anilines is 1. The molecule has 4 aromatic rings. The summed E-state index contributed by atoms with van der Waals surface area (Å²) in [6.45, 7) is 3.26. The minimum atomic E-state index is 0.149. The molecule has 0 spiro atoms. The molecule has 1 N–H and O–H groups in total. The second kappa shape index (κ2) is 11.9. The molecule has 2 unspecified atom stereocenters. The number of nitrogens with zero attached hydrogens (tertiary/aromatic N) is 6. The van der Waals surface area contributed by atoms with Gasteiger partial charge in [0.05, 0.1) is 27.4 Å². The number of ether oxygens (including phenoxy) is 3. The minimum absolute atomic E-state index is 0.149. The Morgan fingerprint density at radius 3 is 2.41 bits per heavy atom. The van der Waals surface area contributed by atoms with Gasteiger partial charge in [0.15, 0.2) is 17.0 Å². The topological polar surface area (TPSA) is 108 Å². The van der Waals surface area contributed by atoms with Gasteiger partial charge in [-0.1, -0.05) is 23.8 Å². The Morgan fingerprint density at radius 2 is 1.69 bits per heavy atom. The van der Waals surface area contributed by atoms with Crippen molar-refractivity contribution < 1.29 is 19.3 Å². The second-order valence-electron chi connectivity index (χ2n) is 10.1. The van der Waals surface area contributed by atoms with Crippen LogP contribution < -0.4 is 19.1 Å². The molecule has 0 saturated heterocycles. The predicted molar refractivity (Wildman–Crippen MR) is 148 cm³/mol. The fraction of sp³-hybridized carbons (Fsp3) is 0.448. The smallest absolute Gasteiger partial charge is 0.184 e. The van der Waals surface area contributed by atoms with Gasteiger partial charge in [-0.3, -0.25) is 0 Å². The first-order chi connectivity index (χ1) is 19.0. The lowest BCUT2D eigenvalue weighted by atomic mass is 9.86. The number of benzene rings is 2. The molecule has 0 aliphatic heterocycles. The highest BCUT2D eigenvalue weighted by molar-refractivity contribution is 5.82. The number of fused-ring (bicyclic) bond motifs is 1. The van der Waals surface area contributed by atoms with Gasteiger partial charge in [-0.05, 0) is 55.9 Å².